The summed E-state index contributed by atoms with van der Waals surface area (Å²) in [6.07, 6.45) is 3.61. The fourth-order valence-corrected chi connectivity index (χ4v) is 3.92. The number of benzene rings is 3. The summed E-state index contributed by atoms with van der Waals surface area (Å²) in [7, 11) is 0. The molecule has 5 heteroatoms. The molecule has 4 rings (SSSR count). The molecule has 1 aliphatic heterocycles. The Morgan fingerprint density at radius 3 is 2.19 bits per heavy atom. The number of ether oxygens (including phenoxy) is 1. The van der Waals surface area contributed by atoms with Gasteiger partial charge >= 0.3 is 5.97 Å². The first-order valence-corrected chi connectivity index (χ1v) is 10.5. The van der Waals surface area contributed by atoms with Crippen molar-refractivity contribution in [1.29, 1.82) is 5.26 Å². The van der Waals surface area contributed by atoms with Crippen molar-refractivity contribution in [1.82, 2.24) is 0 Å². The van der Waals surface area contributed by atoms with E-state index in [1.807, 2.05) is 97.1 Å². The van der Waals surface area contributed by atoms with Gasteiger partial charge in [0.15, 0.2) is 0 Å². The zero-order chi connectivity index (χ0) is 22.4. The molecule has 0 amide bonds. The van der Waals surface area contributed by atoms with Crippen molar-refractivity contribution in [3.63, 3.8) is 0 Å². The molecule has 2 atom stereocenters. The lowest BCUT2D eigenvalue weighted by Crippen LogP contribution is -2.44. The van der Waals surface area contributed by atoms with Gasteiger partial charge in [-0.1, -0.05) is 84.9 Å². The molecule has 1 heterocycles. The number of allylic oxidation sites excluding steroid dienone is 1. The molecule has 0 aromatic heterocycles. The van der Waals surface area contributed by atoms with Crippen LogP contribution in [0.1, 0.15) is 24.1 Å². The first-order valence-electron chi connectivity index (χ1n) is 10.5. The Hall–Kier alpha value is -4.17. The molecular weight excluding hydrogens is 398 g/mol. The van der Waals surface area contributed by atoms with Crippen LogP contribution in [-0.2, 0) is 9.53 Å². The normalized spacial score (nSPS) is 20.1. The highest BCUT2D eigenvalue weighted by molar-refractivity contribution is 6.19. The molecule has 0 saturated carbocycles. The van der Waals surface area contributed by atoms with Gasteiger partial charge in [0, 0.05) is 0 Å². The van der Waals surface area contributed by atoms with Gasteiger partial charge in [0.1, 0.15) is 6.04 Å². The summed E-state index contributed by atoms with van der Waals surface area (Å²) in [4.78, 5) is 13.4. The Labute approximate surface area is 187 Å². The van der Waals surface area contributed by atoms with Crippen LogP contribution in [0.25, 0.3) is 6.08 Å². The molecule has 158 valence electrons. The molecule has 5 nitrogen and oxygen atoms in total. The standard InChI is InChI=1S/C27H23N3O2/c1-2-32-26(31)27(20-28)24(19-18-21-12-6-3-7-13-21)29-30(23-16-10-5-11-17-23)25(27)22-14-8-4-9-15-22/h3-19,25H,2H2,1H3/b19-18+/t25-,27-/m0/s1. The molecule has 0 unspecified atom stereocenters. The summed E-state index contributed by atoms with van der Waals surface area (Å²) in [5.74, 6) is -0.605. The van der Waals surface area contributed by atoms with Crippen LogP contribution in [-0.4, -0.2) is 18.3 Å². The Bertz CT molecular complexity index is 1170. The SMILES string of the molecule is CCOC(=O)[C@@]1(C#N)C(/C=C/c2ccccc2)=NN(c2ccccc2)[C@H]1c1ccccc1. The maximum absolute atomic E-state index is 13.4. The van der Waals surface area contributed by atoms with E-state index in [1.54, 1.807) is 18.0 Å². The third-order valence-corrected chi connectivity index (χ3v) is 5.42. The summed E-state index contributed by atoms with van der Waals surface area (Å²) in [6.45, 7) is 1.91. The minimum atomic E-state index is -1.63. The van der Waals surface area contributed by atoms with Crippen LogP contribution in [0, 0.1) is 16.7 Å². The highest BCUT2D eigenvalue weighted by Gasteiger charge is 2.59. The van der Waals surface area contributed by atoms with E-state index in [0.29, 0.717) is 5.71 Å². The minimum absolute atomic E-state index is 0.171. The lowest BCUT2D eigenvalue weighted by Gasteiger charge is -2.32. The number of anilines is 1. The second kappa shape index (κ2) is 9.32. The van der Waals surface area contributed by atoms with Gasteiger partial charge in [-0.25, -0.2) is 4.79 Å². The maximum Gasteiger partial charge on any atom is 0.335 e. The average Bonchev–Trinajstić information content (AvgIpc) is 3.20. The molecule has 3 aromatic rings. The molecule has 0 radical (unpaired) electrons. The van der Waals surface area contributed by atoms with Crippen molar-refractivity contribution >= 4 is 23.4 Å². The molecule has 0 saturated heterocycles. The van der Waals surface area contributed by atoms with Gasteiger partial charge in [0.25, 0.3) is 0 Å². The van der Waals surface area contributed by atoms with E-state index in [2.05, 4.69) is 6.07 Å². The predicted molar refractivity (Wildman–Crippen MR) is 126 cm³/mol. The van der Waals surface area contributed by atoms with Crippen molar-refractivity contribution < 1.29 is 9.53 Å². The Morgan fingerprint density at radius 1 is 1.00 bits per heavy atom. The second-order valence-corrected chi connectivity index (χ2v) is 7.36. The molecule has 0 N–H and O–H groups in total. The fourth-order valence-electron chi connectivity index (χ4n) is 3.92. The molecule has 0 fully saturated rings. The molecule has 0 spiro atoms. The number of rotatable bonds is 6. The van der Waals surface area contributed by atoms with Crippen LogP contribution >= 0.6 is 0 Å². The van der Waals surface area contributed by atoms with Crippen LogP contribution in [0.2, 0.25) is 0 Å². The van der Waals surface area contributed by atoms with E-state index in [-0.39, 0.29) is 6.61 Å². The number of carbonyl (C=O) groups excluding carboxylic acids is 1. The maximum atomic E-state index is 13.4. The van der Waals surface area contributed by atoms with Gasteiger partial charge in [-0.2, -0.15) is 10.4 Å². The number of hydrogen-bond acceptors (Lipinski definition) is 5. The highest BCUT2D eigenvalue weighted by atomic mass is 16.5. The molecule has 0 bridgehead atoms. The minimum Gasteiger partial charge on any atom is -0.464 e. The zero-order valence-corrected chi connectivity index (χ0v) is 17.8. The van der Waals surface area contributed by atoms with Crippen molar-refractivity contribution in [2.24, 2.45) is 10.5 Å². The number of hydrogen-bond donors (Lipinski definition) is 0. The molecule has 32 heavy (non-hydrogen) atoms. The monoisotopic (exact) mass is 421 g/mol. The zero-order valence-electron chi connectivity index (χ0n) is 17.8. The number of nitrogens with zero attached hydrogens (tertiary/aromatic N) is 3. The van der Waals surface area contributed by atoms with Crippen LogP contribution in [0.15, 0.2) is 102 Å². The quantitative estimate of drug-likeness (QED) is 0.501. The Balaban J connectivity index is 1.91. The van der Waals surface area contributed by atoms with Gasteiger partial charge in [-0.3, -0.25) is 5.01 Å². The Kier molecular flexibility index (Phi) is 6.14. The van der Waals surface area contributed by atoms with Gasteiger partial charge < -0.3 is 4.74 Å². The van der Waals surface area contributed by atoms with E-state index >= 15 is 0 Å². The average molecular weight is 422 g/mol. The molecule has 3 aromatic carbocycles. The Morgan fingerprint density at radius 2 is 1.59 bits per heavy atom. The van der Waals surface area contributed by atoms with Gasteiger partial charge in [-0.15, -0.1) is 0 Å². The fraction of sp³-hybridized carbons (Fsp3) is 0.148. The highest BCUT2D eigenvalue weighted by Crippen LogP contribution is 2.48. The second-order valence-electron chi connectivity index (χ2n) is 7.36. The van der Waals surface area contributed by atoms with Crippen LogP contribution in [0.3, 0.4) is 0 Å². The number of esters is 1. The van der Waals surface area contributed by atoms with E-state index < -0.39 is 17.4 Å². The van der Waals surface area contributed by atoms with Crippen LogP contribution < -0.4 is 5.01 Å². The third kappa shape index (κ3) is 3.79. The largest absolute Gasteiger partial charge is 0.464 e. The van der Waals surface area contributed by atoms with Gasteiger partial charge in [0.05, 0.1) is 24.1 Å². The molecule has 1 aliphatic rings. The predicted octanol–water partition coefficient (Wildman–Crippen LogP) is 5.39. The summed E-state index contributed by atoms with van der Waals surface area (Å²) in [5, 5.41) is 17.0. The van der Waals surface area contributed by atoms with Crippen molar-refractivity contribution in [2.75, 3.05) is 11.6 Å². The lowest BCUT2D eigenvalue weighted by atomic mass is 9.74. The lowest BCUT2D eigenvalue weighted by molar-refractivity contribution is -0.149. The number of carbonyl (C=O) groups is 1. The van der Waals surface area contributed by atoms with Gasteiger partial charge in [0.2, 0.25) is 5.41 Å². The smallest absolute Gasteiger partial charge is 0.335 e. The topological polar surface area (TPSA) is 65.7 Å². The number of para-hydroxylation sites is 1. The van der Waals surface area contributed by atoms with Crippen LogP contribution in [0.4, 0.5) is 5.69 Å². The summed E-state index contributed by atoms with van der Waals surface area (Å²) < 4.78 is 5.44. The summed E-state index contributed by atoms with van der Waals surface area (Å²) in [5.41, 5.74) is 1.25. The molecular formula is C27H23N3O2. The third-order valence-electron chi connectivity index (χ3n) is 5.42. The van der Waals surface area contributed by atoms with Crippen molar-refractivity contribution in [3.8, 4) is 6.07 Å². The van der Waals surface area contributed by atoms with Crippen molar-refractivity contribution in [2.45, 2.75) is 13.0 Å². The number of nitriles is 1. The first-order chi connectivity index (χ1) is 15.7. The van der Waals surface area contributed by atoms with E-state index in [4.69, 9.17) is 9.84 Å². The van der Waals surface area contributed by atoms with E-state index in [1.165, 1.54) is 0 Å². The molecule has 0 aliphatic carbocycles. The first kappa shape index (κ1) is 21.1. The summed E-state index contributed by atoms with van der Waals surface area (Å²) >= 11 is 0. The number of hydrazone groups is 1. The van der Waals surface area contributed by atoms with Gasteiger partial charge in [-0.05, 0) is 36.3 Å². The van der Waals surface area contributed by atoms with E-state index in [0.717, 1.165) is 16.8 Å². The summed E-state index contributed by atoms with van der Waals surface area (Å²) in [6, 6.07) is 30.4. The van der Waals surface area contributed by atoms with E-state index in [9.17, 15) is 10.1 Å². The van der Waals surface area contributed by atoms with Crippen LogP contribution in [0.5, 0.6) is 0 Å². The van der Waals surface area contributed by atoms with Crippen molar-refractivity contribution in [3.05, 3.63) is 108 Å².